The van der Waals surface area contributed by atoms with Crippen molar-refractivity contribution in [2.24, 2.45) is 0 Å². The molecule has 0 saturated heterocycles. The first-order valence-electron chi connectivity index (χ1n) is 6.70. The maximum atomic E-state index is 5.68. The molecular weight excluding hydrogens is 258 g/mol. The Labute approximate surface area is 121 Å². The van der Waals surface area contributed by atoms with Crippen molar-refractivity contribution in [1.82, 2.24) is 5.32 Å². The quantitative estimate of drug-likeness (QED) is 0.704. The number of methoxy groups -OCH3 is 3. The van der Waals surface area contributed by atoms with Gasteiger partial charge in [0.25, 0.3) is 0 Å². The van der Waals surface area contributed by atoms with Crippen molar-refractivity contribution in [2.75, 3.05) is 27.9 Å². The van der Waals surface area contributed by atoms with Crippen molar-refractivity contribution in [3.63, 3.8) is 0 Å². The second kappa shape index (κ2) is 8.79. The van der Waals surface area contributed by atoms with Crippen LogP contribution in [-0.2, 0) is 16.0 Å². The van der Waals surface area contributed by atoms with Crippen LogP contribution in [0.5, 0.6) is 11.5 Å². The van der Waals surface area contributed by atoms with Crippen LogP contribution in [0, 0.1) is 0 Å². The van der Waals surface area contributed by atoms with Crippen molar-refractivity contribution in [3.05, 3.63) is 23.8 Å². The fraction of sp³-hybridized carbons (Fsp3) is 0.600. The highest BCUT2D eigenvalue weighted by atomic mass is 16.7. The zero-order chi connectivity index (χ0) is 15.0. The summed E-state index contributed by atoms with van der Waals surface area (Å²) in [6, 6.07) is 5.92. The van der Waals surface area contributed by atoms with Crippen LogP contribution in [0.3, 0.4) is 0 Å². The summed E-state index contributed by atoms with van der Waals surface area (Å²) in [5, 5.41) is 3.27. The summed E-state index contributed by atoms with van der Waals surface area (Å²) in [5.41, 5.74) is 1.11. The van der Waals surface area contributed by atoms with Crippen molar-refractivity contribution in [1.29, 1.82) is 0 Å². The minimum atomic E-state index is -0.236. The van der Waals surface area contributed by atoms with Crippen molar-refractivity contribution < 1.29 is 18.9 Å². The van der Waals surface area contributed by atoms with E-state index < -0.39 is 0 Å². The summed E-state index contributed by atoms with van der Waals surface area (Å²) in [6.07, 6.45) is -0.113. The molecule has 0 aliphatic rings. The van der Waals surface area contributed by atoms with E-state index in [1.54, 1.807) is 21.3 Å². The first-order valence-corrected chi connectivity index (χ1v) is 6.70. The van der Waals surface area contributed by atoms with Crippen LogP contribution in [0.2, 0.25) is 0 Å². The minimum Gasteiger partial charge on any atom is -0.493 e. The van der Waals surface area contributed by atoms with Crippen LogP contribution in [0.25, 0.3) is 0 Å². The number of ether oxygens (including phenoxy) is 4. The summed E-state index contributed by atoms with van der Waals surface area (Å²) in [6.45, 7) is 5.32. The third-order valence-corrected chi connectivity index (χ3v) is 2.76. The monoisotopic (exact) mass is 283 g/mol. The largest absolute Gasteiger partial charge is 0.493 e. The first-order chi connectivity index (χ1) is 9.60. The van der Waals surface area contributed by atoms with Crippen LogP contribution >= 0.6 is 0 Å². The molecule has 0 atom stereocenters. The van der Waals surface area contributed by atoms with Gasteiger partial charge in [0.05, 0.1) is 13.2 Å². The lowest BCUT2D eigenvalue weighted by atomic mass is 10.2. The highest BCUT2D eigenvalue weighted by Gasteiger charge is 2.08. The molecule has 0 amide bonds. The molecule has 0 aromatic heterocycles. The van der Waals surface area contributed by atoms with Gasteiger partial charge >= 0.3 is 0 Å². The Morgan fingerprint density at radius 1 is 1.05 bits per heavy atom. The molecule has 0 aliphatic carbocycles. The molecule has 0 saturated carbocycles. The number of rotatable bonds is 9. The van der Waals surface area contributed by atoms with E-state index in [4.69, 9.17) is 18.9 Å². The second-order valence-electron chi connectivity index (χ2n) is 4.68. The molecule has 20 heavy (non-hydrogen) atoms. The number of nitrogens with one attached hydrogen (secondary N) is 1. The Morgan fingerprint density at radius 2 is 1.75 bits per heavy atom. The zero-order valence-electron chi connectivity index (χ0n) is 12.9. The predicted molar refractivity (Wildman–Crippen MR) is 78.3 cm³/mol. The molecule has 0 fully saturated rings. The SMILES string of the molecule is COc1cc(CNCC(OC)OC)ccc1OC(C)C. The lowest BCUT2D eigenvalue weighted by Gasteiger charge is -2.16. The molecule has 0 radical (unpaired) electrons. The summed E-state index contributed by atoms with van der Waals surface area (Å²) in [4.78, 5) is 0. The van der Waals surface area contributed by atoms with Gasteiger partial charge in [0, 0.05) is 27.3 Å². The van der Waals surface area contributed by atoms with E-state index in [-0.39, 0.29) is 12.4 Å². The molecule has 0 spiro atoms. The maximum absolute atomic E-state index is 5.68. The van der Waals surface area contributed by atoms with Crippen molar-refractivity contribution >= 4 is 0 Å². The summed E-state index contributed by atoms with van der Waals surface area (Å²) in [7, 11) is 4.89. The van der Waals surface area contributed by atoms with Crippen molar-refractivity contribution in [3.8, 4) is 11.5 Å². The van der Waals surface area contributed by atoms with E-state index in [1.807, 2.05) is 32.0 Å². The Balaban J connectivity index is 2.59. The molecule has 0 bridgehead atoms. The third-order valence-electron chi connectivity index (χ3n) is 2.76. The molecule has 1 aromatic carbocycles. The van der Waals surface area contributed by atoms with Gasteiger partial charge in [-0.2, -0.15) is 0 Å². The second-order valence-corrected chi connectivity index (χ2v) is 4.68. The minimum absolute atomic E-state index is 0.122. The van der Waals surface area contributed by atoms with Gasteiger partial charge in [0.15, 0.2) is 17.8 Å². The molecule has 1 aromatic rings. The van der Waals surface area contributed by atoms with Crippen LogP contribution in [0.15, 0.2) is 18.2 Å². The van der Waals surface area contributed by atoms with Crippen LogP contribution in [-0.4, -0.2) is 40.3 Å². The first kappa shape index (κ1) is 16.8. The molecule has 1 rings (SSSR count). The topological polar surface area (TPSA) is 49.0 Å². The molecule has 5 nitrogen and oxygen atoms in total. The Bertz CT molecular complexity index is 391. The lowest BCUT2D eigenvalue weighted by molar-refractivity contribution is -0.0989. The molecule has 0 unspecified atom stereocenters. The average Bonchev–Trinajstić information content (AvgIpc) is 2.44. The van der Waals surface area contributed by atoms with Gasteiger partial charge in [-0.3, -0.25) is 0 Å². The van der Waals surface area contributed by atoms with Crippen molar-refractivity contribution in [2.45, 2.75) is 32.8 Å². The zero-order valence-corrected chi connectivity index (χ0v) is 12.9. The Hall–Kier alpha value is -1.30. The molecule has 1 N–H and O–H groups in total. The normalized spacial score (nSPS) is 11.2. The smallest absolute Gasteiger partial charge is 0.169 e. The highest BCUT2D eigenvalue weighted by molar-refractivity contribution is 5.43. The summed E-state index contributed by atoms with van der Waals surface area (Å²) in [5.74, 6) is 1.51. The van der Waals surface area contributed by atoms with E-state index in [0.29, 0.717) is 13.1 Å². The van der Waals surface area contributed by atoms with E-state index in [2.05, 4.69) is 5.32 Å². The van der Waals surface area contributed by atoms with Gasteiger partial charge in [0.2, 0.25) is 0 Å². The van der Waals surface area contributed by atoms with E-state index in [0.717, 1.165) is 17.1 Å². The van der Waals surface area contributed by atoms with Gasteiger partial charge in [-0.15, -0.1) is 0 Å². The van der Waals surface area contributed by atoms with Gasteiger partial charge < -0.3 is 24.3 Å². The molecule has 0 aliphatic heterocycles. The average molecular weight is 283 g/mol. The summed E-state index contributed by atoms with van der Waals surface area (Å²) >= 11 is 0. The highest BCUT2D eigenvalue weighted by Crippen LogP contribution is 2.28. The lowest BCUT2D eigenvalue weighted by Crippen LogP contribution is -2.29. The predicted octanol–water partition coefficient (Wildman–Crippen LogP) is 2.19. The van der Waals surface area contributed by atoms with Crippen LogP contribution < -0.4 is 14.8 Å². The summed E-state index contributed by atoms with van der Waals surface area (Å²) < 4.78 is 21.3. The van der Waals surface area contributed by atoms with Crippen LogP contribution in [0.4, 0.5) is 0 Å². The molecule has 5 heteroatoms. The van der Waals surface area contributed by atoms with Gasteiger partial charge in [-0.25, -0.2) is 0 Å². The van der Waals surface area contributed by atoms with E-state index >= 15 is 0 Å². The Morgan fingerprint density at radius 3 is 2.30 bits per heavy atom. The third kappa shape index (κ3) is 5.36. The molecule has 114 valence electrons. The molecular formula is C15H25NO4. The standard InChI is InChI=1S/C15H25NO4/c1-11(2)20-13-7-6-12(8-14(13)17-3)9-16-10-15(18-4)19-5/h6-8,11,15-16H,9-10H2,1-5H3. The van der Waals surface area contributed by atoms with Gasteiger partial charge in [-0.05, 0) is 31.5 Å². The van der Waals surface area contributed by atoms with Gasteiger partial charge in [-0.1, -0.05) is 6.07 Å². The maximum Gasteiger partial charge on any atom is 0.169 e. The van der Waals surface area contributed by atoms with E-state index in [1.165, 1.54) is 0 Å². The number of hydrogen-bond donors (Lipinski definition) is 1. The number of hydrogen-bond acceptors (Lipinski definition) is 5. The fourth-order valence-corrected chi connectivity index (χ4v) is 1.77. The fourth-order valence-electron chi connectivity index (χ4n) is 1.77. The Kier molecular flexibility index (Phi) is 7.36. The number of benzene rings is 1. The van der Waals surface area contributed by atoms with Crippen LogP contribution in [0.1, 0.15) is 19.4 Å². The molecule has 0 heterocycles. The van der Waals surface area contributed by atoms with Gasteiger partial charge in [0.1, 0.15) is 0 Å². The van der Waals surface area contributed by atoms with E-state index in [9.17, 15) is 0 Å².